The third-order valence-corrected chi connectivity index (χ3v) is 4.87. The lowest BCUT2D eigenvalue weighted by molar-refractivity contribution is -0.114. The molecule has 2 N–H and O–H groups in total. The lowest BCUT2D eigenvalue weighted by Crippen LogP contribution is -2.45. The molecule has 1 amide bonds. The molecule has 0 unspecified atom stereocenters. The van der Waals surface area contributed by atoms with E-state index in [0.29, 0.717) is 0 Å². The van der Waals surface area contributed by atoms with Crippen LogP contribution < -0.4 is 10.6 Å². The van der Waals surface area contributed by atoms with Gasteiger partial charge in [0, 0.05) is 42.3 Å². The van der Waals surface area contributed by atoms with Gasteiger partial charge in [-0.05, 0) is 57.2 Å². The molecule has 4 heteroatoms. The van der Waals surface area contributed by atoms with Gasteiger partial charge in [-0.3, -0.25) is 4.79 Å². The van der Waals surface area contributed by atoms with Crippen LogP contribution in [0.25, 0.3) is 0 Å². The summed E-state index contributed by atoms with van der Waals surface area (Å²) in [7, 11) is 1.88. The van der Waals surface area contributed by atoms with Gasteiger partial charge in [-0.1, -0.05) is 19.9 Å². The fraction of sp³-hybridized carbons (Fsp3) is 0.550. The lowest BCUT2D eigenvalue weighted by Gasteiger charge is -2.43. The minimum Gasteiger partial charge on any atom is -0.388 e. The molecular formula is C20H31N3O. The van der Waals surface area contributed by atoms with Gasteiger partial charge in [0.05, 0.1) is 0 Å². The van der Waals surface area contributed by atoms with Crippen molar-refractivity contribution in [2.24, 2.45) is 5.41 Å². The van der Waals surface area contributed by atoms with E-state index in [1.165, 1.54) is 0 Å². The van der Waals surface area contributed by atoms with Crippen molar-refractivity contribution in [3.63, 3.8) is 0 Å². The van der Waals surface area contributed by atoms with Crippen molar-refractivity contribution in [2.45, 2.75) is 53.5 Å². The largest absolute Gasteiger partial charge is 0.388 e. The number of aryl methyl sites for hydroxylation is 1. The van der Waals surface area contributed by atoms with Crippen molar-refractivity contribution in [1.29, 1.82) is 0 Å². The Morgan fingerprint density at radius 1 is 1.25 bits per heavy atom. The molecule has 0 aromatic heterocycles. The summed E-state index contributed by atoms with van der Waals surface area (Å²) >= 11 is 0. The van der Waals surface area contributed by atoms with E-state index >= 15 is 0 Å². The molecule has 0 fully saturated rings. The third-order valence-electron chi connectivity index (χ3n) is 4.87. The van der Waals surface area contributed by atoms with Gasteiger partial charge in [0.2, 0.25) is 0 Å². The first kappa shape index (κ1) is 18.4. The van der Waals surface area contributed by atoms with Crippen LogP contribution in [-0.4, -0.2) is 29.9 Å². The first-order valence-corrected chi connectivity index (χ1v) is 8.63. The van der Waals surface area contributed by atoms with Gasteiger partial charge in [0.15, 0.2) is 0 Å². The summed E-state index contributed by atoms with van der Waals surface area (Å²) in [6, 6.07) is 6.00. The zero-order valence-corrected chi connectivity index (χ0v) is 16.1. The van der Waals surface area contributed by atoms with E-state index in [4.69, 9.17) is 0 Å². The molecule has 0 saturated carbocycles. The SMILES string of the molecule is CNc1ccc(C)c(NC(=O)C2=CN(C(C)(C)C)CCC2(C)C)c1. The Hall–Kier alpha value is -1.97. The predicted octanol–water partition coefficient (Wildman–Crippen LogP) is 4.39. The summed E-state index contributed by atoms with van der Waals surface area (Å²) in [5, 5.41) is 6.22. The van der Waals surface area contributed by atoms with Crippen LogP contribution in [0.15, 0.2) is 30.0 Å². The standard InChI is InChI=1S/C20H31N3O/c1-14-8-9-15(21-7)12-17(14)22-18(24)16-13-23(19(2,3)4)11-10-20(16,5)6/h8-9,12-13,21H,10-11H2,1-7H3,(H,22,24). The van der Waals surface area contributed by atoms with Crippen LogP contribution in [0.4, 0.5) is 11.4 Å². The zero-order valence-electron chi connectivity index (χ0n) is 16.1. The number of nitrogens with zero attached hydrogens (tertiary/aromatic N) is 1. The van der Waals surface area contributed by atoms with Gasteiger partial charge >= 0.3 is 0 Å². The molecule has 2 rings (SSSR count). The van der Waals surface area contributed by atoms with E-state index in [0.717, 1.165) is 35.5 Å². The van der Waals surface area contributed by atoms with Gasteiger partial charge in [0.25, 0.3) is 5.91 Å². The average Bonchev–Trinajstić information content (AvgIpc) is 2.47. The number of carbonyl (C=O) groups excluding carboxylic acids is 1. The molecule has 24 heavy (non-hydrogen) atoms. The van der Waals surface area contributed by atoms with Crippen molar-refractivity contribution >= 4 is 17.3 Å². The van der Waals surface area contributed by atoms with Crippen molar-refractivity contribution in [1.82, 2.24) is 4.90 Å². The van der Waals surface area contributed by atoms with Gasteiger partial charge in [-0.2, -0.15) is 0 Å². The number of rotatable bonds is 3. The van der Waals surface area contributed by atoms with E-state index in [9.17, 15) is 4.79 Å². The Bertz CT molecular complexity index is 653. The number of carbonyl (C=O) groups is 1. The monoisotopic (exact) mass is 329 g/mol. The first-order chi connectivity index (χ1) is 11.0. The quantitative estimate of drug-likeness (QED) is 0.864. The summed E-state index contributed by atoms with van der Waals surface area (Å²) in [6.45, 7) is 13.8. The summed E-state index contributed by atoms with van der Waals surface area (Å²) in [6.07, 6.45) is 3.02. The maximum Gasteiger partial charge on any atom is 0.253 e. The first-order valence-electron chi connectivity index (χ1n) is 8.63. The van der Waals surface area contributed by atoms with Crippen molar-refractivity contribution < 1.29 is 4.79 Å². The highest BCUT2D eigenvalue weighted by molar-refractivity contribution is 6.05. The van der Waals surface area contributed by atoms with E-state index in [2.05, 4.69) is 56.4 Å². The minimum absolute atomic E-state index is 0.00898. The van der Waals surface area contributed by atoms with Crippen LogP contribution in [0.5, 0.6) is 0 Å². The summed E-state index contributed by atoms with van der Waals surface area (Å²) in [5.41, 5.74) is 3.65. The minimum atomic E-state index is -0.125. The predicted molar refractivity (Wildman–Crippen MR) is 102 cm³/mol. The zero-order chi connectivity index (χ0) is 18.1. The highest BCUT2D eigenvalue weighted by atomic mass is 16.1. The molecule has 0 radical (unpaired) electrons. The van der Waals surface area contributed by atoms with E-state index in [1.54, 1.807) is 0 Å². The summed E-state index contributed by atoms with van der Waals surface area (Å²) in [4.78, 5) is 15.2. The molecule has 132 valence electrons. The summed E-state index contributed by atoms with van der Waals surface area (Å²) in [5.74, 6) is -0.00898. The molecule has 1 aliphatic rings. The fourth-order valence-electron chi connectivity index (χ4n) is 2.93. The molecule has 0 atom stereocenters. The van der Waals surface area contributed by atoms with Crippen LogP contribution in [0.1, 0.15) is 46.6 Å². The fourth-order valence-corrected chi connectivity index (χ4v) is 2.93. The third kappa shape index (κ3) is 3.92. The van der Waals surface area contributed by atoms with Crippen LogP contribution in [0.2, 0.25) is 0 Å². The lowest BCUT2D eigenvalue weighted by atomic mass is 9.78. The molecule has 1 aromatic carbocycles. The van der Waals surface area contributed by atoms with Gasteiger partial charge in [0.1, 0.15) is 0 Å². The highest BCUT2D eigenvalue weighted by Crippen LogP contribution is 2.37. The molecule has 0 aliphatic carbocycles. The van der Waals surface area contributed by atoms with Crippen molar-refractivity contribution in [3.8, 4) is 0 Å². The van der Waals surface area contributed by atoms with E-state index in [1.807, 2.05) is 32.2 Å². The van der Waals surface area contributed by atoms with Crippen LogP contribution >= 0.6 is 0 Å². The van der Waals surface area contributed by atoms with Gasteiger partial charge < -0.3 is 15.5 Å². The molecule has 1 aliphatic heterocycles. The Balaban J connectivity index is 2.31. The number of nitrogens with one attached hydrogen (secondary N) is 2. The average molecular weight is 329 g/mol. The van der Waals surface area contributed by atoms with E-state index < -0.39 is 0 Å². The molecule has 4 nitrogen and oxygen atoms in total. The Morgan fingerprint density at radius 2 is 1.92 bits per heavy atom. The van der Waals surface area contributed by atoms with Gasteiger partial charge in [-0.25, -0.2) is 0 Å². The van der Waals surface area contributed by atoms with Crippen molar-refractivity contribution in [3.05, 3.63) is 35.5 Å². The number of anilines is 2. The number of amides is 1. The van der Waals surface area contributed by atoms with Crippen LogP contribution in [0.3, 0.4) is 0 Å². The van der Waals surface area contributed by atoms with E-state index in [-0.39, 0.29) is 16.9 Å². The Kier molecular flexibility index (Phi) is 4.97. The molecule has 1 aromatic rings. The van der Waals surface area contributed by atoms with Crippen molar-refractivity contribution in [2.75, 3.05) is 24.2 Å². The number of hydrogen-bond donors (Lipinski definition) is 2. The maximum atomic E-state index is 13.0. The summed E-state index contributed by atoms with van der Waals surface area (Å²) < 4.78 is 0. The molecular weight excluding hydrogens is 298 g/mol. The Labute approximate surface area is 146 Å². The topological polar surface area (TPSA) is 44.4 Å². The normalized spacial score (nSPS) is 17.3. The van der Waals surface area contributed by atoms with Gasteiger partial charge in [-0.15, -0.1) is 0 Å². The maximum absolute atomic E-state index is 13.0. The molecule has 0 bridgehead atoms. The van der Waals surface area contributed by atoms with Crippen LogP contribution in [-0.2, 0) is 4.79 Å². The second-order valence-corrected chi connectivity index (χ2v) is 8.27. The highest BCUT2D eigenvalue weighted by Gasteiger charge is 2.35. The molecule has 0 saturated heterocycles. The Morgan fingerprint density at radius 3 is 2.50 bits per heavy atom. The second-order valence-electron chi connectivity index (χ2n) is 8.27. The number of benzene rings is 1. The molecule has 0 spiro atoms. The smallest absolute Gasteiger partial charge is 0.253 e. The number of hydrogen-bond acceptors (Lipinski definition) is 3. The molecule has 1 heterocycles. The second kappa shape index (κ2) is 6.50. The van der Waals surface area contributed by atoms with Crippen LogP contribution in [0, 0.1) is 12.3 Å².